The van der Waals surface area contributed by atoms with Gasteiger partial charge in [-0.2, -0.15) is 0 Å². The third-order valence-electron chi connectivity index (χ3n) is 3.77. The quantitative estimate of drug-likeness (QED) is 0.896. The number of nitrogens with zero attached hydrogens (tertiary/aromatic N) is 1. The molecule has 1 aliphatic rings. The van der Waals surface area contributed by atoms with Crippen LogP contribution in [0, 0.1) is 6.92 Å². The minimum Gasteiger partial charge on any atom is -0.382 e. The summed E-state index contributed by atoms with van der Waals surface area (Å²) in [6, 6.07) is 7.71. The van der Waals surface area contributed by atoms with Crippen molar-refractivity contribution >= 4 is 21.6 Å². The summed E-state index contributed by atoms with van der Waals surface area (Å²) in [4.78, 5) is 2.44. The molecule has 0 aromatic heterocycles. The lowest BCUT2D eigenvalue weighted by atomic mass is 9.98. The van der Waals surface area contributed by atoms with Gasteiger partial charge in [-0.15, -0.1) is 0 Å². The van der Waals surface area contributed by atoms with E-state index in [1.54, 1.807) is 0 Å². The highest BCUT2D eigenvalue weighted by Crippen LogP contribution is 2.25. The standard InChI is InChI=1S/C14H21BrN2/c1-10-4-5-12(15)9-14(10)16-13-6-7-17(3)11(2)8-13/h4-5,9,11,13,16H,6-8H2,1-3H3. The van der Waals surface area contributed by atoms with Crippen molar-refractivity contribution in [3.8, 4) is 0 Å². The molecular weight excluding hydrogens is 276 g/mol. The van der Waals surface area contributed by atoms with Crippen LogP contribution in [0.2, 0.25) is 0 Å². The summed E-state index contributed by atoms with van der Waals surface area (Å²) in [5.74, 6) is 0. The maximum Gasteiger partial charge on any atom is 0.0383 e. The van der Waals surface area contributed by atoms with Crippen LogP contribution in [0.5, 0.6) is 0 Å². The molecule has 1 heterocycles. The molecule has 2 rings (SSSR count). The fourth-order valence-electron chi connectivity index (χ4n) is 2.39. The fourth-order valence-corrected chi connectivity index (χ4v) is 2.75. The summed E-state index contributed by atoms with van der Waals surface area (Å²) in [6.45, 7) is 5.65. The van der Waals surface area contributed by atoms with Crippen LogP contribution in [0.1, 0.15) is 25.3 Å². The van der Waals surface area contributed by atoms with Crippen molar-refractivity contribution in [3.05, 3.63) is 28.2 Å². The van der Waals surface area contributed by atoms with Crippen molar-refractivity contribution in [2.75, 3.05) is 18.9 Å². The van der Waals surface area contributed by atoms with E-state index in [-0.39, 0.29) is 0 Å². The predicted molar refractivity (Wildman–Crippen MR) is 77.6 cm³/mol. The molecule has 0 amide bonds. The molecule has 1 fully saturated rings. The smallest absolute Gasteiger partial charge is 0.0383 e. The van der Waals surface area contributed by atoms with Gasteiger partial charge >= 0.3 is 0 Å². The Kier molecular flexibility index (Phi) is 4.10. The molecule has 1 N–H and O–H groups in total. The minimum atomic E-state index is 0.606. The summed E-state index contributed by atoms with van der Waals surface area (Å²) in [5.41, 5.74) is 2.58. The topological polar surface area (TPSA) is 15.3 Å². The van der Waals surface area contributed by atoms with Gasteiger partial charge in [0.05, 0.1) is 0 Å². The summed E-state index contributed by atoms with van der Waals surface area (Å²) in [6.07, 6.45) is 2.45. The van der Waals surface area contributed by atoms with Crippen LogP contribution in [0.25, 0.3) is 0 Å². The first-order valence-corrected chi connectivity index (χ1v) is 7.08. The first kappa shape index (κ1) is 12.9. The van der Waals surface area contributed by atoms with E-state index < -0.39 is 0 Å². The lowest BCUT2D eigenvalue weighted by Crippen LogP contribution is -2.42. The van der Waals surface area contributed by atoms with Gasteiger partial charge in [-0.25, -0.2) is 0 Å². The third-order valence-corrected chi connectivity index (χ3v) is 4.26. The summed E-state index contributed by atoms with van der Waals surface area (Å²) in [5, 5.41) is 3.68. The molecule has 94 valence electrons. The lowest BCUT2D eigenvalue weighted by molar-refractivity contribution is 0.190. The Morgan fingerprint density at radius 3 is 2.88 bits per heavy atom. The Hall–Kier alpha value is -0.540. The molecule has 1 aromatic carbocycles. The molecule has 0 radical (unpaired) electrons. The SMILES string of the molecule is Cc1ccc(Br)cc1NC1CCN(C)C(C)C1. The Balaban J connectivity index is 2.03. The van der Waals surface area contributed by atoms with E-state index >= 15 is 0 Å². The molecule has 0 aliphatic carbocycles. The zero-order valence-corrected chi connectivity index (χ0v) is 12.4. The molecule has 0 bridgehead atoms. The van der Waals surface area contributed by atoms with Gasteiger partial charge in [0.1, 0.15) is 0 Å². The van der Waals surface area contributed by atoms with Gasteiger partial charge in [-0.05, 0) is 51.4 Å². The maximum atomic E-state index is 3.68. The molecule has 1 aromatic rings. The van der Waals surface area contributed by atoms with Crippen LogP contribution in [0.3, 0.4) is 0 Å². The number of nitrogens with one attached hydrogen (secondary N) is 1. The van der Waals surface area contributed by atoms with E-state index in [2.05, 4.69) is 65.2 Å². The third kappa shape index (κ3) is 3.23. The average Bonchev–Trinajstić information content (AvgIpc) is 2.29. The van der Waals surface area contributed by atoms with E-state index in [1.165, 1.54) is 30.6 Å². The molecule has 2 unspecified atom stereocenters. The van der Waals surface area contributed by atoms with Crippen LogP contribution in [-0.2, 0) is 0 Å². The zero-order valence-electron chi connectivity index (χ0n) is 10.8. The van der Waals surface area contributed by atoms with Crippen molar-refractivity contribution in [1.29, 1.82) is 0 Å². The van der Waals surface area contributed by atoms with E-state index in [1.807, 2.05) is 0 Å². The van der Waals surface area contributed by atoms with E-state index in [4.69, 9.17) is 0 Å². The number of anilines is 1. The van der Waals surface area contributed by atoms with Crippen LogP contribution in [-0.4, -0.2) is 30.6 Å². The van der Waals surface area contributed by atoms with Crippen molar-refractivity contribution in [3.63, 3.8) is 0 Å². The number of likely N-dealkylation sites (tertiary alicyclic amines) is 1. The monoisotopic (exact) mass is 296 g/mol. The van der Waals surface area contributed by atoms with Gasteiger partial charge in [0.15, 0.2) is 0 Å². The zero-order chi connectivity index (χ0) is 12.4. The van der Waals surface area contributed by atoms with Crippen LogP contribution in [0.15, 0.2) is 22.7 Å². The molecule has 1 aliphatic heterocycles. The highest BCUT2D eigenvalue weighted by atomic mass is 79.9. The van der Waals surface area contributed by atoms with Crippen LogP contribution < -0.4 is 5.32 Å². The second-order valence-corrected chi connectivity index (χ2v) is 6.07. The second kappa shape index (κ2) is 5.40. The summed E-state index contributed by atoms with van der Waals surface area (Å²) >= 11 is 3.53. The number of hydrogen-bond donors (Lipinski definition) is 1. The van der Waals surface area contributed by atoms with E-state index in [9.17, 15) is 0 Å². The molecule has 17 heavy (non-hydrogen) atoms. The molecule has 2 nitrogen and oxygen atoms in total. The fraction of sp³-hybridized carbons (Fsp3) is 0.571. The molecule has 0 saturated carbocycles. The van der Waals surface area contributed by atoms with Crippen molar-refractivity contribution in [2.45, 2.75) is 38.8 Å². The average molecular weight is 297 g/mol. The number of hydrogen-bond acceptors (Lipinski definition) is 2. The van der Waals surface area contributed by atoms with Crippen molar-refractivity contribution in [1.82, 2.24) is 4.90 Å². The van der Waals surface area contributed by atoms with Gasteiger partial charge in [0, 0.05) is 28.8 Å². The van der Waals surface area contributed by atoms with Gasteiger partial charge in [-0.1, -0.05) is 22.0 Å². The number of halogens is 1. The predicted octanol–water partition coefficient (Wildman–Crippen LogP) is 3.65. The van der Waals surface area contributed by atoms with Gasteiger partial charge < -0.3 is 10.2 Å². The van der Waals surface area contributed by atoms with Gasteiger partial charge in [0.25, 0.3) is 0 Å². The van der Waals surface area contributed by atoms with E-state index in [0.29, 0.717) is 12.1 Å². The Bertz CT molecular complexity index is 392. The second-order valence-electron chi connectivity index (χ2n) is 5.15. The van der Waals surface area contributed by atoms with Crippen LogP contribution >= 0.6 is 15.9 Å². The van der Waals surface area contributed by atoms with Crippen molar-refractivity contribution in [2.24, 2.45) is 0 Å². The largest absolute Gasteiger partial charge is 0.382 e. The number of aryl methyl sites for hydroxylation is 1. The number of piperidine rings is 1. The number of rotatable bonds is 2. The van der Waals surface area contributed by atoms with Crippen molar-refractivity contribution < 1.29 is 0 Å². The highest BCUT2D eigenvalue weighted by Gasteiger charge is 2.22. The number of benzene rings is 1. The Morgan fingerprint density at radius 2 is 2.18 bits per heavy atom. The molecule has 3 heteroatoms. The summed E-state index contributed by atoms with van der Waals surface area (Å²) in [7, 11) is 2.21. The highest BCUT2D eigenvalue weighted by molar-refractivity contribution is 9.10. The lowest BCUT2D eigenvalue weighted by Gasteiger charge is -2.36. The Labute approximate surface area is 113 Å². The maximum absolute atomic E-state index is 3.68. The molecule has 1 saturated heterocycles. The molecule has 0 spiro atoms. The minimum absolute atomic E-state index is 0.606. The normalized spacial score (nSPS) is 25.9. The van der Waals surface area contributed by atoms with Gasteiger partial charge in [-0.3, -0.25) is 0 Å². The summed E-state index contributed by atoms with van der Waals surface area (Å²) < 4.78 is 1.14. The van der Waals surface area contributed by atoms with E-state index in [0.717, 1.165) is 4.47 Å². The first-order chi connectivity index (χ1) is 8.06. The molecule has 2 atom stereocenters. The molecular formula is C14H21BrN2. The van der Waals surface area contributed by atoms with Crippen LogP contribution in [0.4, 0.5) is 5.69 Å². The Morgan fingerprint density at radius 1 is 1.41 bits per heavy atom. The first-order valence-electron chi connectivity index (χ1n) is 6.29. The van der Waals surface area contributed by atoms with Gasteiger partial charge in [0.2, 0.25) is 0 Å².